The molecule has 0 aromatic carbocycles. The summed E-state index contributed by atoms with van der Waals surface area (Å²) in [6, 6.07) is -0.569. The molecule has 0 aromatic rings. The van der Waals surface area contributed by atoms with Gasteiger partial charge in [-0.05, 0) is 25.7 Å². The number of carbonyl (C=O) groups is 3. The highest BCUT2D eigenvalue weighted by molar-refractivity contribution is 5.82. The molecule has 0 aromatic heterocycles. The largest absolute Gasteiger partial charge is 0.356 e. The molecule has 5 nitrogen and oxygen atoms in total. The summed E-state index contributed by atoms with van der Waals surface area (Å²) in [5.41, 5.74) is 0. The molecule has 0 saturated heterocycles. The highest BCUT2D eigenvalue weighted by atomic mass is 16.2. The summed E-state index contributed by atoms with van der Waals surface area (Å²) >= 11 is 0. The van der Waals surface area contributed by atoms with Crippen LogP contribution in [0.4, 0.5) is 0 Å². The predicted molar refractivity (Wildman–Crippen MR) is 88.5 cm³/mol. The van der Waals surface area contributed by atoms with Gasteiger partial charge in [-0.1, -0.05) is 40.0 Å². The van der Waals surface area contributed by atoms with E-state index in [0.29, 0.717) is 13.0 Å². The molecule has 2 N–H and O–H groups in total. The number of hydrogen-bond acceptors (Lipinski definition) is 3. The fourth-order valence-electron chi connectivity index (χ4n) is 2.23. The molecule has 0 fully saturated rings. The molecule has 2 atom stereocenters. The van der Waals surface area contributed by atoms with E-state index >= 15 is 0 Å². The molecule has 5 heteroatoms. The van der Waals surface area contributed by atoms with E-state index in [0.717, 1.165) is 44.8 Å². The summed E-state index contributed by atoms with van der Waals surface area (Å²) in [7, 11) is 0. The summed E-state index contributed by atoms with van der Waals surface area (Å²) in [4.78, 5) is 34.8. The van der Waals surface area contributed by atoms with E-state index in [2.05, 4.69) is 24.5 Å². The van der Waals surface area contributed by atoms with Crippen molar-refractivity contribution >= 4 is 18.1 Å². The molecule has 0 aliphatic heterocycles. The molecule has 2 amide bonds. The third-order valence-electron chi connectivity index (χ3n) is 3.80. The monoisotopic (exact) mass is 312 g/mol. The first kappa shape index (κ1) is 20.6. The SMILES string of the molecule is CCCCNC(=O)CCC(C=O)NC(=O)C(CC)CCCC. The van der Waals surface area contributed by atoms with Crippen LogP contribution in [0.3, 0.4) is 0 Å². The van der Waals surface area contributed by atoms with Crippen molar-refractivity contribution in [3.05, 3.63) is 0 Å². The molecule has 2 unspecified atom stereocenters. The first-order chi connectivity index (χ1) is 10.6. The number of hydrogen-bond donors (Lipinski definition) is 2. The Morgan fingerprint density at radius 1 is 1.05 bits per heavy atom. The summed E-state index contributed by atoms with van der Waals surface area (Å²) in [6.45, 7) is 6.81. The van der Waals surface area contributed by atoms with Gasteiger partial charge >= 0.3 is 0 Å². The van der Waals surface area contributed by atoms with Crippen LogP contribution in [0.5, 0.6) is 0 Å². The molecule has 0 saturated carbocycles. The van der Waals surface area contributed by atoms with Gasteiger partial charge in [0.2, 0.25) is 11.8 Å². The van der Waals surface area contributed by atoms with Gasteiger partial charge in [-0.2, -0.15) is 0 Å². The molecule has 0 spiro atoms. The fraction of sp³-hybridized carbons (Fsp3) is 0.824. The average Bonchev–Trinajstić information content (AvgIpc) is 2.52. The van der Waals surface area contributed by atoms with Gasteiger partial charge in [0.25, 0.3) is 0 Å². The number of aldehydes is 1. The standard InChI is InChI=1S/C17H32N2O3/c1-4-7-9-14(6-3)17(22)19-15(13-20)10-11-16(21)18-12-8-5-2/h13-15H,4-12H2,1-3H3,(H,18,21)(H,19,22). The maximum Gasteiger partial charge on any atom is 0.223 e. The van der Waals surface area contributed by atoms with Crippen molar-refractivity contribution in [1.29, 1.82) is 0 Å². The van der Waals surface area contributed by atoms with Crippen LogP contribution in [-0.4, -0.2) is 30.7 Å². The minimum atomic E-state index is -0.569. The van der Waals surface area contributed by atoms with Crippen LogP contribution in [0.15, 0.2) is 0 Å². The quantitative estimate of drug-likeness (QED) is 0.405. The first-order valence-electron chi connectivity index (χ1n) is 8.61. The Kier molecular flexibility index (Phi) is 12.4. The van der Waals surface area contributed by atoms with E-state index in [1.165, 1.54) is 0 Å². The fourth-order valence-corrected chi connectivity index (χ4v) is 2.23. The topological polar surface area (TPSA) is 75.3 Å². The summed E-state index contributed by atoms with van der Waals surface area (Å²) in [5.74, 6) is -0.173. The summed E-state index contributed by atoms with van der Waals surface area (Å²) in [6.07, 6.45) is 7.02. The third-order valence-corrected chi connectivity index (χ3v) is 3.80. The first-order valence-corrected chi connectivity index (χ1v) is 8.61. The van der Waals surface area contributed by atoms with Gasteiger partial charge in [-0.25, -0.2) is 0 Å². The lowest BCUT2D eigenvalue weighted by molar-refractivity contribution is -0.128. The maximum absolute atomic E-state index is 12.1. The molecular formula is C17H32N2O3. The lowest BCUT2D eigenvalue weighted by Crippen LogP contribution is -2.40. The second-order valence-corrected chi connectivity index (χ2v) is 5.74. The van der Waals surface area contributed by atoms with Crippen LogP contribution < -0.4 is 10.6 Å². The van der Waals surface area contributed by atoms with Crippen molar-refractivity contribution < 1.29 is 14.4 Å². The Bertz CT molecular complexity index is 332. The van der Waals surface area contributed by atoms with Crippen molar-refractivity contribution in [2.75, 3.05) is 6.54 Å². The molecule has 128 valence electrons. The van der Waals surface area contributed by atoms with Gasteiger partial charge in [0, 0.05) is 18.9 Å². The minimum Gasteiger partial charge on any atom is -0.356 e. The van der Waals surface area contributed by atoms with E-state index in [1.54, 1.807) is 0 Å². The van der Waals surface area contributed by atoms with E-state index in [1.807, 2.05) is 6.92 Å². The van der Waals surface area contributed by atoms with E-state index in [-0.39, 0.29) is 24.2 Å². The Morgan fingerprint density at radius 2 is 1.73 bits per heavy atom. The van der Waals surface area contributed by atoms with Gasteiger partial charge in [-0.15, -0.1) is 0 Å². The van der Waals surface area contributed by atoms with Crippen molar-refractivity contribution in [2.24, 2.45) is 5.92 Å². The molecule has 0 radical (unpaired) electrons. The Morgan fingerprint density at radius 3 is 2.27 bits per heavy atom. The van der Waals surface area contributed by atoms with Crippen LogP contribution in [0.2, 0.25) is 0 Å². The van der Waals surface area contributed by atoms with Crippen LogP contribution in [-0.2, 0) is 14.4 Å². The molecule has 22 heavy (non-hydrogen) atoms. The molecule has 0 heterocycles. The predicted octanol–water partition coefficient (Wildman–Crippen LogP) is 2.58. The van der Waals surface area contributed by atoms with Crippen LogP contribution in [0, 0.1) is 5.92 Å². The highest BCUT2D eigenvalue weighted by Crippen LogP contribution is 2.13. The summed E-state index contributed by atoms with van der Waals surface area (Å²) < 4.78 is 0. The second kappa shape index (κ2) is 13.3. The van der Waals surface area contributed by atoms with Crippen molar-refractivity contribution in [2.45, 2.75) is 78.2 Å². The molecule has 0 aliphatic carbocycles. The lowest BCUT2D eigenvalue weighted by Gasteiger charge is -2.18. The van der Waals surface area contributed by atoms with Crippen LogP contribution in [0.25, 0.3) is 0 Å². The van der Waals surface area contributed by atoms with Crippen molar-refractivity contribution in [3.63, 3.8) is 0 Å². The third kappa shape index (κ3) is 9.53. The molecule has 0 aliphatic rings. The minimum absolute atomic E-state index is 0.0409. The molecule has 0 bridgehead atoms. The normalized spacial score (nSPS) is 13.2. The second-order valence-electron chi connectivity index (χ2n) is 5.74. The van der Waals surface area contributed by atoms with Gasteiger partial charge < -0.3 is 15.4 Å². The van der Waals surface area contributed by atoms with E-state index in [4.69, 9.17) is 0 Å². The van der Waals surface area contributed by atoms with E-state index in [9.17, 15) is 14.4 Å². The van der Waals surface area contributed by atoms with Crippen molar-refractivity contribution in [1.82, 2.24) is 10.6 Å². The number of nitrogens with one attached hydrogen (secondary N) is 2. The molecular weight excluding hydrogens is 280 g/mol. The number of rotatable bonds is 13. The maximum atomic E-state index is 12.1. The Hall–Kier alpha value is -1.39. The van der Waals surface area contributed by atoms with E-state index < -0.39 is 6.04 Å². The van der Waals surface area contributed by atoms with Gasteiger partial charge in [0.1, 0.15) is 6.29 Å². The number of unbranched alkanes of at least 4 members (excludes halogenated alkanes) is 2. The Balaban J connectivity index is 4.15. The zero-order valence-electron chi connectivity index (χ0n) is 14.3. The number of amides is 2. The number of carbonyl (C=O) groups excluding carboxylic acids is 3. The lowest BCUT2D eigenvalue weighted by atomic mass is 9.98. The highest BCUT2D eigenvalue weighted by Gasteiger charge is 2.19. The zero-order valence-corrected chi connectivity index (χ0v) is 14.3. The van der Waals surface area contributed by atoms with Crippen LogP contribution >= 0.6 is 0 Å². The van der Waals surface area contributed by atoms with Crippen molar-refractivity contribution in [3.8, 4) is 0 Å². The van der Waals surface area contributed by atoms with Gasteiger partial charge in [0.15, 0.2) is 0 Å². The zero-order chi connectivity index (χ0) is 16.8. The van der Waals surface area contributed by atoms with Gasteiger partial charge in [0.05, 0.1) is 6.04 Å². The molecule has 0 rings (SSSR count). The summed E-state index contributed by atoms with van der Waals surface area (Å²) in [5, 5.41) is 5.57. The Labute approximate surface area is 134 Å². The van der Waals surface area contributed by atoms with Gasteiger partial charge in [-0.3, -0.25) is 9.59 Å². The average molecular weight is 312 g/mol. The smallest absolute Gasteiger partial charge is 0.223 e. The van der Waals surface area contributed by atoms with Crippen LogP contribution in [0.1, 0.15) is 72.1 Å².